The van der Waals surface area contributed by atoms with Crippen molar-refractivity contribution in [3.8, 4) is 0 Å². The standard InChI is InChI=1S/C31H34BrN3O/c32-27-11-3-1-7-22(27)18-34-19-24(25-9-2-4-12-28(25)34)17-21-13-14-29-26-10-6-16-33-15-5-8-23(30(26)33)20-35(29)31(21)36/h1-4,7,9,11-12,17,19,23,26,29-30H,5-6,8,10,13-16,18,20H2/b21-17+/t23-,26-,29-,30+/m1/s1. The third kappa shape index (κ3) is 3.78. The second-order valence-corrected chi connectivity index (χ2v) is 12.1. The minimum atomic E-state index is 0.301. The molecule has 1 aromatic heterocycles. The number of piperidine rings is 4. The van der Waals surface area contributed by atoms with Crippen molar-refractivity contribution >= 4 is 38.8 Å². The van der Waals surface area contributed by atoms with Crippen LogP contribution in [0.4, 0.5) is 0 Å². The Hall–Kier alpha value is -2.37. The number of rotatable bonds is 3. The molecule has 4 fully saturated rings. The summed E-state index contributed by atoms with van der Waals surface area (Å²) >= 11 is 3.71. The zero-order valence-electron chi connectivity index (χ0n) is 20.8. The Kier molecular flexibility index (Phi) is 5.81. The van der Waals surface area contributed by atoms with Gasteiger partial charge in [0.25, 0.3) is 0 Å². The van der Waals surface area contributed by atoms with Crippen molar-refractivity contribution < 1.29 is 4.79 Å². The lowest BCUT2D eigenvalue weighted by Crippen LogP contribution is -2.66. The van der Waals surface area contributed by atoms with E-state index in [1.165, 1.54) is 55.2 Å². The third-order valence-corrected chi connectivity index (χ3v) is 10.1. The minimum Gasteiger partial charge on any atom is -0.342 e. The molecule has 4 aliphatic heterocycles. The molecule has 186 valence electrons. The van der Waals surface area contributed by atoms with E-state index in [1.54, 1.807) is 0 Å². The molecule has 5 heteroatoms. The maximum absolute atomic E-state index is 13.9. The van der Waals surface area contributed by atoms with Crippen molar-refractivity contribution in [2.45, 2.75) is 57.2 Å². The highest BCUT2D eigenvalue weighted by Crippen LogP contribution is 2.45. The zero-order chi connectivity index (χ0) is 24.2. The normalized spacial score (nSPS) is 29.4. The van der Waals surface area contributed by atoms with Gasteiger partial charge in [-0.05, 0) is 87.2 Å². The van der Waals surface area contributed by atoms with Crippen LogP contribution in [0.1, 0.15) is 49.7 Å². The molecule has 0 N–H and O–H groups in total. The fourth-order valence-corrected chi connectivity index (χ4v) is 8.26. The molecule has 0 bridgehead atoms. The molecule has 4 atom stereocenters. The van der Waals surface area contributed by atoms with E-state index in [4.69, 9.17) is 0 Å². The molecule has 3 aromatic rings. The van der Waals surface area contributed by atoms with Crippen molar-refractivity contribution in [1.82, 2.24) is 14.4 Å². The Bertz CT molecular complexity index is 1340. The van der Waals surface area contributed by atoms with Crippen molar-refractivity contribution in [2.24, 2.45) is 11.8 Å². The molecule has 2 aromatic carbocycles. The van der Waals surface area contributed by atoms with Gasteiger partial charge in [0.2, 0.25) is 5.91 Å². The number of benzene rings is 2. The highest BCUT2D eigenvalue weighted by molar-refractivity contribution is 9.10. The van der Waals surface area contributed by atoms with Gasteiger partial charge in [0.05, 0.1) is 0 Å². The van der Waals surface area contributed by atoms with Crippen LogP contribution in [0.2, 0.25) is 0 Å². The van der Waals surface area contributed by atoms with E-state index < -0.39 is 0 Å². The molecule has 4 saturated heterocycles. The number of nitrogens with zero attached hydrogens (tertiary/aromatic N) is 3. The van der Waals surface area contributed by atoms with Crippen molar-refractivity contribution in [3.05, 3.63) is 75.9 Å². The summed E-state index contributed by atoms with van der Waals surface area (Å²) in [4.78, 5) is 19.0. The molecular weight excluding hydrogens is 510 g/mol. The molecule has 0 saturated carbocycles. The Morgan fingerprint density at radius 1 is 0.972 bits per heavy atom. The first kappa shape index (κ1) is 22.8. The lowest BCUT2D eigenvalue weighted by molar-refractivity contribution is -0.145. The first-order valence-corrected chi connectivity index (χ1v) is 14.5. The number of amides is 1. The van der Waals surface area contributed by atoms with Crippen LogP contribution in [0.15, 0.2) is 64.8 Å². The molecule has 4 aliphatic rings. The summed E-state index contributed by atoms with van der Waals surface area (Å²) in [7, 11) is 0. The quantitative estimate of drug-likeness (QED) is 0.361. The summed E-state index contributed by atoms with van der Waals surface area (Å²) in [5.74, 6) is 1.64. The predicted molar refractivity (Wildman–Crippen MR) is 149 cm³/mol. The van der Waals surface area contributed by atoms with Gasteiger partial charge < -0.3 is 9.47 Å². The van der Waals surface area contributed by atoms with Gasteiger partial charge in [-0.2, -0.15) is 0 Å². The molecule has 0 radical (unpaired) electrons. The number of carbonyl (C=O) groups excluding carboxylic acids is 1. The van der Waals surface area contributed by atoms with Gasteiger partial charge in [0.1, 0.15) is 0 Å². The van der Waals surface area contributed by atoms with Crippen molar-refractivity contribution in [1.29, 1.82) is 0 Å². The smallest absolute Gasteiger partial charge is 0.250 e. The van der Waals surface area contributed by atoms with Gasteiger partial charge in [-0.3, -0.25) is 9.69 Å². The number of aromatic nitrogens is 1. The van der Waals surface area contributed by atoms with Gasteiger partial charge in [-0.15, -0.1) is 0 Å². The summed E-state index contributed by atoms with van der Waals surface area (Å²) in [6.07, 6.45) is 11.6. The number of hydrogen-bond acceptors (Lipinski definition) is 2. The van der Waals surface area contributed by atoms with Crippen LogP contribution in [-0.2, 0) is 11.3 Å². The summed E-state index contributed by atoms with van der Waals surface area (Å²) in [6, 6.07) is 18.2. The maximum Gasteiger partial charge on any atom is 0.250 e. The van der Waals surface area contributed by atoms with Crippen LogP contribution >= 0.6 is 15.9 Å². The van der Waals surface area contributed by atoms with Crippen LogP contribution in [0.3, 0.4) is 0 Å². The number of halogens is 1. The van der Waals surface area contributed by atoms with E-state index in [0.29, 0.717) is 23.8 Å². The summed E-state index contributed by atoms with van der Waals surface area (Å²) in [6.45, 7) is 4.30. The van der Waals surface area contributed by atoms with Crippen molar-refractivity contribution in [3.63, 3.8) is 0 Å². The first-order valence-electron chi connectivity index (χ1n) is 13.7. The second kappa shape index (κ2) is 9.18. The average molecular weight is 545 g/mol. The summed E-state index contributed by atoms with van der Waals surface area (Å²) < 4.78 is 3.45. The average Bonchev–Trinajstić information content (AvgIpc) is 3.25. The SMILES string of the molecule is O=C1/C(=C/c2cn(Cc3ccccc3Br)c3ccccc23)CC[C@@H]2[C@H]3CCCN4CCC[C@H](CN12)[C@@H]34. The Morgan fingerprint density at radius 3 is 2.67 bits per heavy atom. The third-order valence-electron chi connectivity index (χ3n) is 9.36. The summed E-state index contributed by atoms with van der Waals surface area (Å²) in [5.41, 5.74) is 4.63. The van der Waals surface area contributed by atoms with E-state index in [-0.39, 0.29) is 0 Å². The second-order valence-electron chi connectivity index (χ2n) is 11.3. The van der Waals surface area contributed by atoms with Crippen LogP contribution in [0.25, 0.3) is 17.0 Å². The highest BCUT2D eigenvalue weighted by atomic mass is 79.9. The molecule has 5 heterocycles. The van der Waals surface area contributed by atoms with E-state index >= 15 is 0 Å². The molecule has 4 nitrogen and oxygen atoms in total. The van der Waals surface area contributed by atoms with E-state index in [1.807, 2.05) is 0 Å². The van der Waals surface area contributed by atoms with Crippen LogP contribution in [0.5, 0.6) is 0 Å². The van der Waals surface area contributed by atoms with Crippen LogP contribution in [0, 0.1) is 11.8 Å². The number of fused-ring (bicyclic) bond motifs is 3. The Labute approximate surface area is 222 Å². The van der Waals surface area contributed by atoms with Gasteiger partial charge in [0, 0.05) is 57.9 Å². The number of para-hydroxylation sites is 1. The van der Waals surface area contributed by atoms with E-state index in [2.05, 4.69) is 91.1 Å². The minimum absolute atomic E-state index is 0.301. The van der Waals surface area contributed by atoms with Gasteiger partial charge in [-0.25, -0.2) is 0 Å². The van der Waals surface area contributed by atoms with Gasteiger partial charge >= 0.3 is 0 Å². The Balaban J connectivity index is 1.20. The molecule has 0 unspecified atom stereocenters. The molecule has 1 amide bonds. The molecule has 0 aliphatic carbocycles. The fourth-order valence-electron chi connectivity index (χ4n) is 7.85. The largest absolute Gasteiger partial charge is 0.342 e. The van der Waals surface area contributed by atoms with Crippen LogP contribution in [-0.4, -0.2) is 52.0 Å². The maximum atomic E-state index is 13.9. The number of hydrogen-bond donors (Lipinski definition) is 0. The summed E-state index contributed by atoms with van der Waals surface area (Å²) in [5, 5.41) is 1.22. The van der Waals surface area contributed by atoms with Crippen LogP contribution < -0.4 is 0 Å². The lowest BCUT2D eigenvalue weighted by Gasteiger charge is -2.58. The van der Waals surface area contributed by atoms with E-state index in [0.717, 1.165) is 47.6 Å². The molecular formula is C31H34BrN3O. The molecule has 7 rings (SSSR count). The van der Waals surface area contributed by atoms with Crippen molar-refractivity contribution in [2.75, 3.05) is 19.6 Å². The lowest BCUT2D eigenvalue weighted by atomic mass is 9.67. The number of carbonyl (C=O) groups is 1. The van der Waals surface area contributed by atoms with Gasteiger partial charge in [0.15, 0.2) is 0 Å². The molecule has 36 heavy (non-hydrogen) atoms. The fraction of sp³-hybridized carbons (Fsp3) is 0.452. The molecule has 0 spiro atoms. The zero-order valence-corrected chi connectivity index (χ0v) is 22.4. The van der Waals surface area contributed by atoms with Gasteiger partial charge in [-0.1, -0.05) is 52.3 Å². The Morgan fingerprint density at radius 2 is 1.78 bits per heavy atom. The topological polar surface area (TPSA) is 28.5 Å². The highest BCUT2D eigenvalue weighted by Gasteiger charge is 2.51. The predicted octanol–water partition coefficient (Wildman–Crippen LogP) is 6.33. The van der Waals surface area contributed by atoms with E-state index in [9.17, 15) is 4.79 Å². The monoisotopic (exact) mass is 543 g/mol. The first-order chi connectivity index (χ1) is 17.7.